The van der Waals surface area contributed by atoms with E-state index < -0.39 is 0 Å². The second-order valence-corrected chi connectivity index (χ2v) is 5.57. The van der Waals surface area contributed by atoms with Crippen molar-refractivity contribution in [3.63, 3.8) is 0 Å². The lowest BCUT2D eigenvalue weighted by Gasteiger charge is -2.30. The van der Waals surface area contributed by atoms with E-state index in [1.54, 1.807) is 0 Å². The molecule has 1 aromatic carbocycles. The van der Waals surface area contributed by atoms with Crippen LogP contribution in [0.3, 0.4) is 0 Å². The maximum atomic E-state index is 3.68. The van der Waals surface area contributed by atoms with Gasteiger partial charge in [-0.15, -0.1) is 11.8 Å². The Morgan fingerprint density at radius 1 is 1.29 bits per heavy atom. The second kappa shape index (κ2) is 6.31. The van der Waals surface area contributed by atoms with Crippen molar-refractivity contribution in [2.45, 2.75) is 30.7 Å². The van der Waals surface area contributed by atoms with Crippen LogP contribution < -0.4 is 10.6 Å². The van der Waals surface area contributed by atoms with E-state index in [0.717, 1.165) is 5.92 Å². The first kappa shape index (κ1) is 12.8. The van der Waals surface area contributed by atoms with Gasteiger partial charge in [0.25, 0.3) is 0 Å². The SMILES string of the molecule is CSc1ccccc1NC(C)C1CCNCC1. The summed E-state index contributed by atoms with van der Waals surface area (Å²) in [6, 6.07) is 9.14. The van der Waals surface area contributed by atoms with Crippen molar-refractivity contribution in [2.24, 2.45) is 5.92 Å². The third-order valence-corrected chi connectivity index (χ3v) is 4.38. The lowest BCUT2D eigenvalue weighted by atomic mass is 9.91. The molecule has 17 heavy (non-hydrogen) atoms. The number of benzene rings is 1. The molecule has 0 radical (unpaired) electrons. The monoisotopic (exact) mass is 250 g/mol. The molecule has 0 aliphatic carbocycles. The van der Waals surface area contributed by atoms with Crippen LogP contribution in [0.2, 0.25) is 0 Å². The highest BCUT2D eigenvalue weighted by atomic mass is 32.2. The number of piperidine rings is 1. The number of rotatable bonds is 4. The Morgan fingerprint density at radius 3 is 2.71 bits per heavy atom. The molecule has 0 saturated carbocycles. The van der Waals surface area contributed by atoms with E-state index in [0.29, 0.717) is 6.04 Å². The first-order chi connectivity index (χ1) is 8.31. The number of hydrogen-bond acceptors (Lipinski definition) is 3. The quantitative estimate of drug-likeness (QED) is 0.802. The number of nitrogens with one attached hydrogen (secondary N) is 2. The van der Waals surface area contributed by atoms with Gasteiger partial charge in [-0.05, 0) is 57.2 Å². The zero-order valence-corrected chi connectivity index (χ0v) is 11.5. The summed E-state index contributed by atoms with van der Waals surface area (Å²) in [5.41, 5.74) is 1.28. The van der Waals surface area contributed by atoms with Gasteiger partial charge in [0.15, 0.2) is 0 Å². The largest absolute Gasteiger partial charge is 0.381 e. The van der Waals surface area contributed by atoms with E-state index in [2.05, 4.69) is 48.1 Å². The molecule has 2 N–H and O–H groups in total. The van der Waals surface area contributed by atoms with E-state index in [1.807, 2.05) is 11.8 Å². The molecule has 2 nitrogen and oxygen atoms in total. The zero-order valence-electron chi connectivity index (χ0n) is 10.7. The molecule has 94 valence electrons. The van der Waals surface area contributed by atoms with Gasteiger partial charge in [-0.25, -0.2) is 0 Å². The number of anilines is 1. The Morgan fingerprint density at radius 2 is 2.00 bits per heavy atom. The Hall–Kier alpha value is -0.670. The standard InChI is InChI=1S/C14H22N2S/c1-11(12-7-9-15-10-8-12)16-13-5-3-4-6-14(13)17-2/h3-6,11-12,15-16H,7-10H2,1-2H3. The number of para-hydroxylation sites is 1. The van der Waals surface area contributed by atoms with E-state index in [1.165, 1.54) is 36.5 Å². The van der Waals surface area contributed by atoms with Crippen LogP contribution in [-0.2, 0) is 0 Å². The average molecular weight is 250 g/mol. The van der Waals surface area contributed by atoms with Crippen LogP contribution in [0, 0.1) is 5.92 Å². The van der Waals surface area contributed by atoms with Gasteiger partial charge in [0, 0.05) is 16.6 Å². The van der Waals surface area contributed by atoms with Crippen molar-refractivity contribution in [2.75, 3.05) is 24.7 Å². The van der Waals surface area contributed by atoms with Gasteiger partial charge in [0.05, 0.1) is 0 Å². The summed E-state index contributed by atoms with van der Waals surface area (Å²) in [4.78, 5) is 1.34. The first-order valence-electron chi connectivity index (χ1n) is 6.41. The molecule has 0 aromatic heterocycles. The molecule has 1 fully saturated rings. The van der Waals surface area contributed by atoms with Crippen molar-refractivity contribution in [3.05, 3.63) is 24.3 Å². The Balaban J connectivity index is 1.99. The Kier molecular flexibility index (Phi) is 4.75. The van der Waals surface area contributed by atoms with Crippen LogP contribution in [0.5, 0.6) is 0 Å². The number of thioether (sulfide) groups is 1. The summed E-state index contributed by atoms with van der Waals surface area (Å²) in [6.45, 7) is 4.65. The van der Waals surface area contributed by atoms with Gasteiger partial charge in [-0.3, -0.25) is 0 Å². The van der Waals surface area contributed by atoms with Gasteiger partial charge in [-0.2, -0.15) is 0 Å². The fraction of sp³-hybridized carbons (Fsp3) is 0.571. The van der Waals surface area contributed by atoms with Crippen molar-refractivity contribution in [1.29, 1.82) is 0 Å². The molecule has 0 spiro atoms. The molecule has 1 atom stereocenters. The summed E-state index contributed by atoms with van der Waals surface area (Å²) in [6.07, 6.45) is 4.71. The molecule has 0 bridgehead atoms. The van der Waals surface area contributed by atoms with E-state index in [-0.39, 0.29) is 0 Å². The Bertz CT molecular complexity index is 348. The summed E-state index contributed by atoms with van der Waals surface area (Å²) in [7, 11) is 0. The smallest absolute Gasteiger partial charge is 0.0480 e. The maximum Gasteiger partial charge on any atom is 0.0480 e. The summed E-state index contributed by atoms with van der Waals surface area (Å²) < 4.78 is 0. The van der Waals surface area contributed by atoms with Gasteiger partial charge in [0.1, 0.15) is 0 Å². The zero-order chi connectivity index (χ0) is 12.1. The first-order valence-corrected chi connectivity index (χ1v) is 7.64. The third kappa shape index (κ3) is 3.39. The fourth-order valence-electron chi connectivity index (χ4n) is 2.47. The fourth-order valence-corrected chi connectivity index (χ4v) is 3.03. The van der Waals surface area contributed by atoms with Crippen LogP contribution in [0.1, 0.15) is 19.8 Å². The summed E-state index contributed by atoms with van der Waals surface area (Å²) in [5, 5.41) is 7.11. The van der Waals surface area contributed by atoms with Crippen molar-refractivity contribution in [1.82, 2.24) is 5.32 Å². The molecular weight excluding hydrogens is 228 g/mol. The van der Waals surface area contributed by atoms with E-state index >= 15 is 0 Å². The normalized spacial score (nSPS) is 18.9. The molecule has 2 rings (SSSR count). The lowest BCUT2D eigenvalue weighted by Crippen LogP contribution is -2.36. The van der Waals surface area contributed by atoms with Gasteiger partial charge in [-0.1, -0.05) is 12.1 Å². The average Bonchev–Trinajstić information content (AvgIpc) is 2.40. The molecule has 1 aromatic rings. The van der Waals surface area contributed by atoms with Crippen LogP contribution in [0.4, 0.5) is 5.69 Å². The van der Waals surface area contributed by atoms with Crippen LogP contribution in [0.25, 0.3) is 0 Å². The minimum absolute atomic E-state index is 0.561. The van der Waals surface area contributed by atoms with Crippen LogP contribution >= 0.6 is 11.8 Å². The number of hydrogen-bond donors (Lipinski definition) is 2. The van der Waals surface area contributed by atoms with Crippen LogP contribution in [0.15, 0.2) is 29.2 Å². The van der Waals surface area contributed by atoms with Gasteiger partial charge < -0.3 is 10.6 Å². The second-order valence-electron chi connectivity index (χ2n) is 4.72. The molecular formula is C14H22N2S. The molecule has 1 heterocycles. The predicted molar refractivity (Wildman–Crippen MR) is 76.9 cm³/mol. The lowest BCUT2D eigenvalue weighted by molar-refractivity contribution is 0.343. The van der Waals surface area contributed by atoms with Crippen molar-refractivity contribution in [3.8, 4) is 0 Å². The van der Waals surface area contributed by atoms with Gasteiger partial charge >= 0.3 is 0 Å². The topological polar surface area (TPSA) is 24.1 Å². The highest BCUT2D eigenvalue weighted by Gasteiger charge is 2.20. The minimum Gasteiger partial charge on any atom is -0.381 e. The molecule has 1 aliphatic rings. The van der Waals surface area contributed by atoms with Gasteiger partial charge in [0.2, 0.25) is 0 Å². The highest BCUT2D eigenvalue weighted by Crippen LogP contribution is 2.27. The highest BCUT2D eigenvalue weighted by molar-refractivity contribution is 7.98. The summed E-state index contributed by atoms with van der Waals surface area (Å²) in [5.74, 6) is 0.797. The van der Waals surface area contributed by atoms with E-state index in [4.69, 9.17) is 0 Å². The molecule has 3 heteroatoms. The molecule has 1 saturated heterocycles. The van der Waals surface area contributed by atoms with Crippen molar-refractivity contribution < 1.29 is 0 Å². The van der Waals surface area contributed by atoms with E-state index in [9.17, 15) is 0 Å². The predicted octanol–water partition coefficient (Wildman–Crippen LogP) is 3.21. The Labute approximate surface area is 109 Å². The maximum absolute atomic E-state index is 3.68. The van der Waals surface area contributed by atoms with Crippen LogP contribution in [-0.4, -0.2) is 25.4 Å². The van der Waals surface area contributed by atoms with Crippen molar-refractivity contribution >= 4 is 17.4 Å². The minimum atomic E-state index is 0.561. The third-order valence-electron chi connectivity index (χ3n) is 3.58. The molecule has 1 unspecified atom stereocenters. The molecule has 1 aliphatic heterocycles. The summed E-state index contributed by atoms with van der Waals surface area (Å²) >= 11 is 1.81. The molecule has 0 amide bonds.